The van der Waals surface area contributed by atoms with Crippen molar-refractivity contribution < 1.29 is 5.11 Å². The molecule has 0 aromatic carbocycles. The van der Waals surface area contributed by atoms with Crippen molar-refractivity contribution in [2.24, 2.45) is 0 Å². The Labute approximate surface area is 105 Å². The standard InChI is InChI=1S/C8H9Br2NO.BrH/c1-5-8(12)7(3-10)6(2-9)4-11-5;/h4,12H,2-3H2,1H3;1H. The second kappa shape index (κ2) is 5.98. The molecule has 1 heterocycles. The van der Waals surface area contributed by atoms with E-state index in [1.807, 2.05) is 0 Å². The van der Waals surface area contributed by atoms with Gasteiger partial charge in [-0.1, -0.05) is 31.9 Å². The van der Waals surface area contributed by atoms with Crippen LogP contribution in [0.3, 0.4) is 0 Å². The van der Waals surface area contributed by atoms with Crippen LogP contribution in [0, 0.1) is 6.92 Å². The van der Waals surface area contributed by atoms with Gasteiger partial charge in [0.15, 0.2) is 0 Å². The molecule has 0 saturated heterocycles. The van der Waals surface area contributed by atoms with Gasteiger partial charge in [-0.05, 0) is 12.5 Å². The number of aryl methyl sites for hydroxylation is 1. The zero-order valence-corrected chi connectivity index (χ0v) is 11.9. The van der Waals surface area contributed by atoms with Gasteiger partial charge in [-0.3, -0.25) is 4.98 Å². The second-order valence-electron chi connectivity index (χ2n) is 2.46. The first kappa shape index (κ1) is 13.4. The van der Waals surface area contributed by atoms with Crippen molar-refractivity contribution >= 4 is 48.8 Å². The van der Waals surface area contributed by atoms with Crippen molar-refractivity contribution in [1.82, 2.24) is 4.98 Å². The molecule has 1 aromatic heterocycles. The fraction of sp³-hybridized carbons (Fsp3) is 0.375. The van der Waals surface area contributed by atoms with Gasteiger partial charge in [-0.2, -0.15) is 0 Å². The summed E-state index contributed by atoms with van der Waals surface area (Å²) < 4.78 is 0. The molecule has 2 nitrogen and oxygen atoms in total. The molecule has 13 heavy (non-hydrogen) atoms. The minimum atomic E-state index is 0. The van der Waals surface area contributed by atoms with E-state index in [4.69, 9.17) is 0 Å². The number of alkyl halides is 2. The van der Waals surface area contributed by atoms with Crippen molar-refractivity contribution in [1.29, 1.82) is 0 Å². The van der Waals surface area contributed by atoms with Crippen molar-refractivity contribution in [3.05, 3.63) is 23.0 Å². The number of hydrogen-bond donors (Lipinski definition) is 1. The molecule has 0 unspecified atom stereocenters. The Morgan fingerprint density at radius 2 is 2.00 bits per heavy atom. The highest BCUT2D eigenvalue weighted by atomic mass is 79.9. The molecule has 0 atom stereocenters. The largest absolute Gasteiger partial charge is 0.506 e. The molecule has 1 rings (SSSR count). The molecule has 1 aromatic rings. The molecular weight excluding hydrogens is 366 g/mol. The number of rotatable bonds is 2. The van der Waals surface area contributed by atoms with Crippen LogP contribution < -0.4 is 0 Å². The molecular formula is C8H10Br3NO. The number of nitrogens with zero attached hydrogens (tertiary/aromatic N) is 1. The third kappa shape index (κ3) is 2.92. The number of aromatic hydroxyl groups is 1. The summed E-state index contributed by atoms with van der Waals surface area (Å²) in [5, 5.41) is 11.0. The molecule has 0 spiro atoms. The van der Waals surface area contributed by atoms with Crippen LogP contribution >= 0.6 is 48.8 Å². The first-order chi connectivity index (χ1) is 5.70. The number of hydrogen-bond acceptors (Lipinski definition) is 2. The molecule has 0 bridgehead atoms. The molecule has 0 saturated carbocycles. The Morgan fingerprint density at radius 3 is 2.46 bits per heavy atom. The van der Waals surface area contributed by atoms with Crippen LogP contribution in [-0.4, -0.2) is 10.1 Å². The Balaban J connectivity index is 0.00000144. The van der Waals surface area contributed by atoms with E-state index in [0.717, 1.165) is 16.5 Å². The Bertz CT molecular complexity index is 291. The first-order valence-electron chi connectivity index (χ1n) is 3.49. The van der Waals surface area contributed by atoms with Gasteiger partial charge >= 0.3 is 0 Å². The van der Waals surface area contributed by atoms with Crippen LogP contribution in [-0.2, 0) is 10.7 Å². The summed E-state index contributed by atoms with van der Waals surface area (Å²) in [6.45, 7) is 1.79. The quantitative estimate of drug-likeness (QED) is 0.803. The van der Waals surface area contributed by atoms with Crippen molar-refractivity contribution in [3.8, 4) is 5.75 Å². The van der Waals surface area contributed by atoms with Crippen LogP contribution in [0.2, 0.25) is 0 Å². The minimum Gasteiger partial charge on any atom is -0.506 e. The average Bonchev–Trinajstić information content (AvgIpc) is 2.09. The van der Waals surface area contributed by atoms with E-state index in [2.05, 4.69) is 36.8 Å². The van der Waals surface area contributed by atoms with E-state index in [1.54, 1.807) is 13.1 Å². The zero-order chi connectivity index (χ0) is 9.14. The average molecular weight is 376 g/mol. The van der Waals surface area contributed by atoms with Gasteiger partial charge in [0.2, 0.25) is 0 Å². The highest BCUT2D eigenvalue weighted by Gasteiger charge is 2.08. The normalized spacial score (nSPS) is 9.46. The maximum absolute atomic E-state index is 9.60. The van der Waals surface area contributed by atoms with Gasteiger partial charge in [0.05, 0.1) is 5.69 Å². The zero-order valence-electron chi connectivity index (χ0n) is 7.05. The second-order valence-corrected chi connectivity index (χ2v) is 3.58. The van der Waals surface area contributed by atoms with Crippen LogP contribution in [0.4, 0.5) is 0 Å². The lowest BCUT2D eigenvalue weighted by atomic mass is 10.1. The molecule has 0 fully saturated rings. The van der Waals surface area contributed by atoms with E-state index < -0.39 is 0 Å². The summed E-state index contributed by atoms with van der Waals surface area (Å²) in [4.78, 5) is 4.06. The summed E-state index contributed by atoms with van der Waals surface area (Å²) in [5.74, 6) is 0.295. The fourth-order valence-electron chi connectivity index (χ4n) is 0.949. The molecule has 5 heteroatoms. The van der Waals surface area contributed by atoms with Gasteiger partial charge in [0.25, 0.3) is 0 Å². The highest BCUT2D eigenvalue weighted by molar-refractivity contribution is 9.09. The maximum atomic E-state index is 9.60. The lowest BCUT2D eigenvalue weighted by Crippen LogP contribution is -1.93. The summed E-state index contributed by atoms with van der Waals surface area (Å²) in [7, 11) is 0. The van der Waals surface area contributed by atoms with Gasteiger partial charge in [0, 0.05) is 22.4 Å². The first-order valence-corrected chi connectivity index (χ1v) is 5.73. The lowest BCUT2D eigenvalue weighted by Gasteiger charge is -2.07. The van der Waals surface area contributed by atoms with E-state index >= 15 is 0 Å². The van der Waals surface area contributed by atoms with Gasteiger partial charge in [-0.15, -0.1) is 17.0 Å². The number of halogens is 3. The van der Waals surface area contributed by atoms with E-state index in [-0.39, 0.29) is 17.0 Å². The van der Waals surface area contributed by atoms with Crippen LogP contribution in [0.15, 0.2) is 6.20 Å². The van der Waals surface area contributed by atoms with E-state index in [1.165, 1.54) is 0 Å². The van der Waals surface area contributed by atoms with Crippen molar-refractivity contribution in [2.75, 3.05) is 0 Å². The third-order valence-corrected chi connectivity index (χ3v) is 2.87. The Kier molecular flexibility index (Phi) is 6.16. The molecule has 0 aliphatic heterocycles. The summed E-state index contributed by atoms with van der Waals surface area (Å²) in [5.41, 5.74) is 2.61. The topological polar surface area (TPSA) is 33.1 Å². The SMILES string of the molecule is Br.Cc1ncc(CBr)c(CBr)c1O. The van der Waals surface area contributed by atoms with Crippen LogP contribution in [0.1, 0.15) is 16.8 Å². The fourth-order valence-corrected chi connectivity index (χ4v) is 2.06. The molecule has 0 aliphatic rings. The summed E-state index contributed by atoms with van der Waals surface area (Å²) in [6, 6.07) is 0. The Hall–Kier alpha value is 0.390. The third-order valence-electron chi connectivity index (χ3n) is 1.71. The van der Waals surface area contributed by atoms with Crippen molar-refractivity contribution in [2.45, 2.75) is 17.6 Å². The highest BCUT2D eigenvalue weighted by Crippen LogP contribution is 2.26. The predicted octanol–water partition coefficient (Wildman–Crippen LogP) is 3.46. The van der Waals surface area contributed by atoms with Crippen LogP contribution in [0.25, 0.3) is 0 Å². The monoisotopic (exact) mass is 373 g/mol. The summed E-state index contributed by atoms with van der Waals surface area (Å²) >= 11 is 6.66. The van der Waals surface area contributed by atoms with Gasteiger partial charge in [-0.25, -0.2) is 0 Å². The van der Waals surface area contributed by atoms with E-state index in [0.29, 0.717) is 16.8 Å². The molecule has 0 aliphatic carbocycles. The molecule has 1 N–H and O–H groups in total. The van der Waals surface area contributed by atoms with E-state index in [9.17, 15) is 5.11 Å². The number of aromatic nitrogens is 1. The maximum Gasteiger partial charge on any atom is 0.141 e. The number of pyridine rings is 1. The smallest absolute Gasteiger partial charge is 0.141 e. The Morgan fingerprint density at radius 1 is 1.38 bits per heavy atom. The lowest BCUT2D eigenvalue weighted by molar-refractivity contribution is 0.462. The van der Waals surface area contributed by atoms with Gasteiger partial charge < -0.3 is 5.11 Å². The molecule has 0 amide bonds. The van der Waals surface area contributed by atoms with Crippen LogP contribution in [0.5, 0.6) is 5.75 Å². The van der Waals surface area contributed by atoms with Crippen molar-refractivity contribution in [3.63, 3.8) is 0 Å². The molecule has 0 radical (unpaired) electrons. The predicted molar refractivity (Wildman–Crippen MR) is 66.2 cm³/mol. The van der Waals surface area contributed by atoms with Gasteiger partial charge in [0.1, 0.15) is 5.75 Å². The minimum absolute atomic E-state index is 0. The summed E-state index contributed by atoms with van der Waals surface area (Å²) in [6.07, 6.45) is 1.78. The molecule has 74 valence electrons.